The Kier molecular flexibility index (Phi) is 5.19. The molecule has 0 aliphatic carbocycles. The number of esters is 1. The number of ketones is 1. The number of carbonyl (C=O) groups is 2. The Morgan fingerprint density at radius 1 is 1.13 bits per heavy atom. The van der Waals surface area contributed by atoms with E-state index in [-0.39, 0.29) is 24.3 Å². The van der Waals surface area contributed by atoms with Gasteiger partial charge >= 0.3 is 5.97 Å². The van der Waals surface area contributed by atoms with Crippen LogP contribution in [0.2, 0.25) is 0 Å². The Bertz CT molecular complexity index is 740. The maximum atomic E-state index is 11.9. The van der Waals surface area contributed by atoms with Gasteiger partial charge in [-0.15, -0.1) is 0 Å². The molecule has 0 aromatic heterocycles. The molecular formula is C17H15NO5. The maximum Gasteiger partial charge on any atom is 0.375 e. The molecule has 0 aliphatic heterocycles. The molecule has 0 bridgehead atoms. The highest BCUT2D eigenvalue weighted by atomic mass is 16.6. The summed E-state index contributed by atoms with van der Waals surface area (Å²) in [7, 11) is 0. The van der Waals surface area contributed by atoms with Crippen molar-refractivity contribution in [2.45, 2.75) is 20.0 Å². The third-order valence-corrected chi connectivity index (χ3v) is 3.22. The number of Topliss-reactive ketones (excluding diaryl/α,β-unsaturated/α-hetero) is 1. The van der Waals surface area contributed by atoms with Crippen LogP contribution < -0.4 is 0 Å². The second-order valence-electron chi connectivity index (χ2n) is 5.05. The van der Waals surface area contributed by atoms with Gasteiger partial charge in [0.2, 0.25) is 5.78 Å². The van der Waals surface area contributed by atoms with E-state index in [2.05, 4.69) is 0 Å². The van der Waals surface area contributed by atoms with Crippen LogP contribution in [0.4, 0.5) is 5.69 Å². The number of carbonyl (C=O) groups excluding carboxylic acids is 2. The first-order valence-corrected chi connectivity index (χ1v) is 6.95. The van der Waals surface area contributed by atoms with Crippen LogP contribution in [-0.4, -0.2) is 16.7 Å². The van der Waals surface area contributed by atoms with Crippen molar-refractivity contribution >= 4 is 17.4 Å². The zero-order valence-electron chi connectivity index (χ0n) is 12.5. The van der Waals surface area contributed by atoms with Crippen LogP contribution in [0.15, 0.2) is 48.5 Å². The first-order valence-electron chi connectivity index (χ1n) is 6.95. The minimum atomic E-state index is -0.996. The summed E-state index contributed by atoms with van der Waals surface area (Å²) in [5.74, 6) is -1.81. The van der Waals surface area contributed by atoms with Crippen LogP contribution in [0, 0.1) is 17.0 Å². The highest BCUT2D eigenvalue weighted by molar-refractivity contribution is 6.34. The van der Waals surface area contributed by atoms with Crippen molar-refractivity contribution in [3.8, 4) is 0 Å². The zero-order valence-corrected chi connectivity index (χ0v) is 12.5. The fourth-order valence-electron chi connectivity index (χ4n) is 2.08. The molecule has 2 rings (SSSR count). The normalized spacial score (nSPS) is 10.1. The van der Waals surface area contributed by atoms with Crippen molar-refractivity contribution in [2.24, 2.45) is 0 Å². The molecule has 6 nitrogen and oxygen atoms in total. The lowest BCUT2D eigenvalue weighted by Crippen LogP contribution is -2.20. The van der Waals surface area contributed by atoms with E-state index in [0.717, 1.165) is 11.1 Å². The van der Waals surface area contributed by atoms with Crippen molar-refractivity contribution in [1.82, 2.24) is 0 Å². The Balaban J connectivity index is 2.02. The number of nitro groups is 1. The van der Waals surface area contributed by atoms with Gasteiger partial charge < -0.3 is 4.74 Å². The van der Waals surface area contributed by atoms with E-state index in [4.69, 9.17) is 4.74 Å². The van der Waals surface area contributed by atoms with Gasteiger partial charge in [-0.3, -0.25) is 14.9 Å². The van der Waals surface area contributed by atoms with E-state index in [1.165, 1.54) is 12.1 Å². The summed E-state index contributed by atoms with van der Waals surface area (Å²) in [5, 5.41) is 11.0. The lowest BCUT2D eigenvalue weighted by atomic mass is 10.0. The van der Waals surface area contributed by atoms with Gasteiger partial charge in [0.05, 0.1) is 4.92 Å². The molecule has 0 fully saturated rings. The number of ether oxygens (including phenoxy) is 1. The van der Waals surface area contributed by atoms with E-state index in [0.29, 0.717) is 0 Å². The minimum Gasteiger partial charge on any atom is -0.455 e. The molecule has 2 aromatic carbocycles. The molecule has 0 aliphatic rings. The summed E-state index contributed by atoms with van der Waals surface area (Å²) in [6.07, 6.45) is -0.356. The number of nitrogens with zero attached hydrogens (tertiary/aromatic N) is 1. The number of benzene rings is 2. The molecule has 6 heteroatoms. The molecule has 0 N–H and O–H groups in total. The van der Waals surface area contributed by atoms with Crippen LogP contribution in [0.25, 0.3) is 0 Å². The fraction of sp³-hybridized carbons (Fsp3) is 0.176. The summed E-state index contributed by atoms with van der Waals surface area (Å²) in [6, 6.07) is 13.4. The number of aryl methyl sites for hydroxylation is 1. The van der Waals surface area contributed by atoms with Gasteiger partial charge in [-0.1, -0.05) is 42.0 Å². The molecule has 0 heterocycles. The molecule has 0 spiro atoms. The van der Waals surface area contributed by atoms with Crippen molar-refractivity contribution in [3.05, 3.63) is 75.3 Å². The van der Waals surface area contributed by atoms with Crippen molar-refractivity contribution in [3.63, 3.8) is 0 Å². The van der Waals surface area contributed by atoms with E-state index >= 15 is 0 Å². The maximum absolute atomic E-state index is 11.9. The second-order valence-corrected chi connectivity index (χ2v) is 5.05. The molecular weight excluding hydrogens is 298 g/mol. The molecule has 0 radical (unpaired) electrons. The highest BCUT2D eigenvalue weighted by Crippen LogP contribution is 2.20. The molecule has 0 saturated carbocycles. The molecule has 0 saturated heterocycles. The van der Waals surface area contributed by atoms with Gasteiger partial charge in [-0.05, 0) is 18.6 Å². The van der Waals surface area contributed by atoms with Gasteiger partial charge in [-0.2, -0.15) is 0 Å². The smallest absolute Gasteiger partial charge is 0.375 e. The van der Waals surface area contributed by atoms with Gasteiger partial charge in [0, 0.05) is 18.1 Å². The van der Waals surface area contributed by atoms with Crippen LogP contribution in [0.5, 0.6) is 0 Å². The lowest BCUT2D eigenvalue weighted by molar-refractivity contribution is -0.385. The van der Waals surface area contributed by atoms with Crippen LogP contribution in [0.3, 0.4) is 0 Å². The van der Waals surface area contributed by atoms with E-state index in [9.17, 15) is 19.7 Å². The van der Waals surface area contributed by atoms with E-state index < -0.39 is 16.7 Å². The average molecular weight is 313 g/mol. The van der Waals surface area contributed by atoms with Crippen LogP contribution in [0.1, 0.15) is 16.7 Å². The highest BCUT2D eigenvalue weighted by Gasteiger charge is 2.22. The van der Waals surface area contributed by atoms with Gasteiger partial charge in [0.25, 0.3) is 5.69 Å². The topological polar surface area (TPSA) is 86.5 Å². The van der Waals surface area contributed by atoms with Crippen LogP contribution in [-0.2, 0) is 27.4 Å². The van der Waals surface area contributed by atoms with Gasteiger partial charge in [-0.25, -0.2) is 4.79 Å². The summed E-state index contributed by atoms with van der Waals surface area (Å²) in [4.78, 5) is 34.1. The summed E-state index contributed by atoms with van der Waals surface area (Å²) >= 11 is 0. The summed E-state index contributed by atoms with van der Waals surface area (Å²) in [5.41, 5.74) is 1.56. The monoisotopic (exact) mass is 313 g/mol. The van der Waals surface area contributed by atoms with Gasteiger partial charge in [0.15, 0.2) is 0 Å². The SMILES string of the molecule is Cc1ccc([N+](=O)[O-])c(CC(=O)C(=O)OCc2ccccc2)c1. The first-order chi connectivity index (χ1) is 11.0. The number of hydrogen-bond donors (Lipinski definition) is 0. The van der Waals surface area contributed by atoms with E-state index in [1.54, 1.807) is 37.3 Å². The van der Waals surface area contributed by atoms with Crippen LogP contribution >= 0.6 is 0 Å². The molecule has 23 heavy (non-hydrogen) atoms. The zero-order chi connectivity index (χ0) is 16.8. The molecule has 0 amide bonds. The van der Waals surface area contributed by atoms with Crippen molar-refractivity contribution in [2.75, 3.05) is 0 Å². The second kappa shape index (κ2) is 7.31. The molecule has 118 valence electrons. The predicted molar refractivity (Wildman–Crippen MR) is 82.8 cm³/mol. The summed E-state index contributed by atoms with van der Waals surface area (Å²) < 4.78 is 4.93. The standard InChI is InChI=1S/C17H15NO5/c1-12-7-8-15(18(21)22)14(9-12)10-16(19)17(20)23-11-13-5-3-2-4-6-13/h2-9H,10-11H2,1H3. The first kappa shape index (κ1) is 16.4. The Labute approximate surface area is 132 Å². The van der Waals surface area contributed by atoms with Gasteiger partial charge in [0.1, 0.15) is 6.61 Å². The average Bonchev–Trinajstić information content (AvgIpc) is 2.53. The largest absolute Gasteiger partial charge is 0.455 e. The molecule has 2 aromatic rings. The number of hydrogen-bond acceptors (Lipinski definition) is 5. The third-order valence-electron chi connectivity index (χ3n) is 3.22. The van der Waals surface area contributed by atoms with Crippen molar-refractivity contribution < 1.29 is 19.2 Å². The summed E-state index contributed by atoms with van der Waals surface area (Å²) in [6.45, 7) is 1.74. The third kappa shape index (κ3) is 4.47. The van der Waals surface area contributed by atoms with E-state index in [1.807, 2.05) is 6.07 Å². The van der Waals surface area contributed by atoms with Crippen molar-refractivity contribution in [1.29, 1.82) is 0 Å². The number of nitro benzene ring substituents is 1. The lowest BCUT2D eigenvalue weighted by Gasteiger charge is -2.05. The molecule has 0 unspecified atom stereocenters. The fourth-order valence-corrected chi connectivity index (χ4v) is 2.08. The number of rotatable bonds is 6. The minimum absolute atomic E-state index is 0.0126. The Morgan fingerprint density at radius 3 is 2.48 bits per heavy atom. The quantitative estimate of drug-likeness (QED) is 0.354. The predicted octanol–water partition coefficient (Wildman–Crippen LogP) is 2.76. The Morgan fingerprint density at radius 2 is 1.83 bits per heavy atom. The Hall–Kier alpha value is -3.02. The molecule has 0 atom stereocenters.